The Morgan fingerprint density at radius 2 is 2.13 bits per heavy atom. The van der Waals surface area contributed by atoms with Crippen molar-refractivity contribution in [2.75, 3.05) is 7.05 Å². The number of hydrogen-bond donors (Lipinski definition) is 1. The Morgan fingerprint density at radius 1 is 1.40 bits per heavy atom. The van der Waals surface area contributed by atoms with Crippen molar-refractivity contribution in [1.82, 2.24) is 15.3 Å². The van der Waals surface area contributed by atoms with Gasteiger partial charge in [-0.25, -0.2) is 4.98 Å². The second kappa shape index (κ2) is 4.18. The highest BCUT2D eigenvalue weighted by Gasteiger charge is 2.09. The fraction of sp³-hybridized carbons (Fsp3) is 0.100. The molecule has 1 N–H and O–H groups in total. The zero-order chi connectivity index (χ0) is 10.7. The van der Waals surface area contributed by atoms with E-state index in [1.54, 1.807) is 24.8 Å². The Morgan fingerprint density at radius 3 is 2.80 bits per heavy atom. The van der Waals surface area contributed by atoms with E-state index in [-0.39, 0.29) is 5.91 Å². The van der Waals surface area contributed by atoms with Gasteiger partial charge in [-0.3, -0.25) is 9.78 Å². The molecule has 2 aromatic heterocycles. The van der Waals surface area contributed by atoms with Gasteiger partial charge in [-0.15, -0.1) is 11.3 Å². The maximum absolute atomic E-state index is 11.3. The molecule has 0 aliphatic rings. The van der Waals surface area contributed by atoms with Gasteiger partial charge >= 0.3 is 0 Å². The van der Waals surface area contributed by atoms with Crippen LogP contribution in [0.5, 0.6) is 0 Å². The second-order valence-corrected chi connectivity index (χ2v) is 3.71. The highest BCUT2D eigenvalue weighted by molar-refractivity contribution is 7.13. The number of nitrogens with zero attached hydrogens (tertiary/aromatic N) is 2. The van der Waals surface area contributed by atoms with Crippen molar-refractivity contribution in [1.29, 1.82) is 0 Å². The van der Waals surface area contributed by atoms with Gasteiger partial charge in [0.15, 0.2) is 0 Å². The summed E-state index contributed by atoms with van der Waals surface area (Å²) in [7, 11) is 1.59. The Bertz CT molecular complexity index is 467. The third-order valence-corrected chi connectivity index (χ3v) is 2.78. The van der Waals surface area contributed by atoms with Gasteiger partial charge in [0, 0.05) is 30.4 Å². The van der Waals surface area contributed by atoms with Crippen molar-refractivity contribution in [3.05, 3.63) is 35.6 Å². The number of pyridine rings is 1. The van der Waals surface area contributed by atoms with Crippen LogP contribution >= 0.6 is 11.3 Å². The summed E-state index contributed by atoms with van der Waals surface area (Å²) in [5, 5.41) is 5.11. The molecule has 0 radical (unpaired) electrons. The summed E-state index contributed by atoms with van der Waals surface area (Å²) in [4.78, 5) is 19.4. The Kier molecular flexibility index (Phi) is 2.73. The zero-order valence-electron chi connectivity index (χ0n) is 8.10. The summed E-state index contributed by atoms with van der Waals surface area (Å²) in [5.74, 6) is -0.161. The van der Waals surface area contributed by atoms with Crippen LogP contribution in [0, 0.1) is 0 Å². The summed E-state index contributed by atoms with van der Waals surface area (Å²) in [6.45, 7) is 0. The molecule has 2 rings (SSSR count). The predicted octanol–water partition coefficient (Wildman–Crippen LogP) is 1.56. The minimum Gasteiger partial charge on any atom is -0.354 e. The standard InChI is InChI=1S/C10H9N3OS/c1-11-9(14)8-6-15-10(13-8)7-2-4-12-5-3-7/h2-6H,1H3,(H,11,14). The van der Waals surface area contributed by atoms with Gasteiger partial charge in [0.25, 0.3) is 5.91 Å². The molecule has 0 bridgehead atoms. The lowest BCUT2D eigenvalue weighted by atomic mass is 10.3. The lowest BCUT2D eigenvalue weighted by Gasteiger charge is -1.94. The summed E-state index contributed by atoms with van der Waals surface area (Å²) in [6.07, 6.45) is 3.41. The van der Waals surface area contributed by atoms with Crippen molar-refractivity contribution >= 4 is 17.2 Å². The number of carbonyl (C=O) groups is 1. The van der Waals surface area contributed by atoms with Gasteiger partial charge < -0.3 is 5.32 Å². The first-order chi connectivity index (χ1) is 7.31. The van der Waals surface area contributed by atoms with Crippen LogP contribution in [0.25, 0.3) is 10.6 Å². The van der Waals surface area contributed by atoms with Crippen LogP contribution in [0.2, 0.25) is 0 Å². The van der Waals surface area contributed by atoms with E-state index in [0.717, 1.165) is 10.6 Å². The maximum Gasteiger partial charge on any atom is 0.270 e. The number of amides is 1. The van der Waals surface area contributed by atoms with E-state index in [1.807, 2.05) is 12.1 Å². The highest BCUT2D eigenvalue weighted by atomic mass is 32.1. The molecule has 76 valence electrons. The third-order valence-electron chi connectivity index (χ3n) is 1.89. The molecular weight excluding hydrogens is 210 g/mol. The molecule has 2 aromatic rings. The largest absolute Gasteiger partial charge is 0.354 e. The average molecular weight is 219 g/mol. The van der Waals surface area contributed by atoms with Crippen LogP contribution < -0.4 is 5.32 Å². The van der Waals surface area contributed by atoms with E-state index in [0.29, 0.717) is 5.69 Å². The SMILES string of the molecule is CNC(=O)c1csc(-c2ccncc2)n1. The van der Waals surface area contributed by atoms with E-state index >= 15 is 0 Å². The molecule has 15 heavy (non-hydrogen) atoms. The van der Waals surface area contributed by atoms with Crippen molar-refractivity contribution in [2.45, 2.75) is 0 Å². The van der Waals surface area contributed by atoms with E-state index in [2.05, 4.69) is 15.3 Å². The van der Waals surface area contributed by atoms with Gasteiger partial charge in [-0.05, 0) is 12.1 Å². The van der Waals surface area contributed by atoms with Crippen LogP contribution in [0.15, 0.2) is 29.9 Å². The van der Waals surface area contributed by atoms with Gasteiger partial charge in [-0.1, -0.05) is 0 Å². The molecule has 0 fully saturated rings. The number of thiazole rings is 1. The minimum absolute atomic E-state index is 0.161. The van der Waals surface area contributed by atoms with E-state index in [1.165, 1.54) is 11.3 Å². The van der Waals surface area contributed by atoms with Crippen LogP contribution in [0.3, 0.4) is 0 Å². The normalized spacial score (nSPS) is 9.93. The van der Waals surface area contributed by atoms with Gasteiger partial charge in [0.2, 0.25) is 0 Å². The van der Waals surface area contributed by atoms with E-state index < -0.39 is 0 Å². The summed E-state index contributed by atoms with van der Waals surface area (Å²) in [6, 6.07) is 3.74. The zero-order valence-corrected chi connectivity index (χ0v) is 8.91. The topological polar surface area (TPSA) is 54.9 Å². The van der Waals surface area contributed by atoms with Crippen molar-refractivity contribution in [3.63, 3.8) is 0 Å². The van der Waals surface area contributed by atoms with Gasteiger partial charge in [0.1, 0.15) is 10.7 Å². The van der Waals surface area contributed by atoms with Gasteiger partial charge in [-0.2, -0.15) is 0 Å². The fourth-order valence-corrected chi connectivity index (χ4v) is 1.94. The Hall–Kier alpha value is -1.75. The van der Waals surface area contributed by atoms with Gasteiger partial charge in [0.05, 0.1) is 0 Å². The second-order valence-electron chi connectivity index (χ2n) is 2.85. The van der Waals surface area contributed by atoms with Crippen molar-refractivity contribution in [3.8, 4) is 10.6 Å². The molecule has 0 aliphatic carbocycles. The van der Waals surface area contributed by atoms with Crippen LogP contribution in [0.4, 0.5) is 0 Å². The summed E-state index contributed by atoms with van der Waals surface area (Å²) < 4.78 is 0. The monoisotopic (exact) mass is 219 g/mol. The Balaban J connectivity index is 2.32. The molecule has 0 unspecified atom stereocenters. The van der Waals surface area contributed by atoms with Crippen molar-refractivity contribution < 1.29 is 4.79 Å². The first-order valence-electron chi connectivity index (χ1n) is 4.39. The molecule has 0 aliphatic heterocycles. The van der Waals surface area contributed by atoms with Crippen LogP contribution in [0.1, 0.15) is 10.5 Å². The number of carbonyl (C=O) groups excluding carboxylic acids is 1. The smallest absolute Gasteiger partial charge is 0.270 e. The molecule has 4 nitrogen and oxygen atoms in total. The molecular formula is C10H9N3OS. The highest BCUT2D eigenvalue weighted by Crippen LogP contribution is 2.22. The van der Waals surface area contributed by atoms with E-state index in [9.17, 15) is 4.79 Å². The first-order valence-corrected chi connectivity index (χ1v) is 5.27. The molecule has 1 amide bonds. The molecule has 5 heteroatoms. The maximum atomic E-state index is 11.3. The van der Waals surface area contributed by atoms with E-state index in [4.69, 9.17) is 0 Å². The quantitative estimate of drug-likeness (QED) is 0.834. The third kappa shape index (κ3) is 2.02. The molecule has 2 heterocycles. The summed E-state index contributed by atoms with van der Waals surface area (Å²) >= 11 is 1.45. The number of hydrogen-bond acceptors (Lipinski definition) is 4. The molecule has 0 saturated carbocycles. The minimum atomic E-state index is -0.161. The molecule has 0 saturated heterocycles. The fourth-order valence-electron chi connectivity index (χ4n) is 1.13. The van der Waals surface area contributed by atoms with Crippen molar-refractivity contribution in [2.24, 2.45) is 0 Å². The summed E-state index contributed by atoms with van der Waals surface area (Å²) in [5.41, 5.74) is 1.43. The predicted molar refractivity (Wildman–Crippen MR) is 58.7 cm³/mol. The first kappa shape index (κ1) is 9.79. The average Bonchev–Trinajstić information content (AvgIpc) is 2.78. The molecule has 0 atom stereocenters. The van der Waals surface area contributed by atoms with Crippen LogP contribution in [-0.2, 0) is 0 Å². The number of rotatable bonds is 2. The number of nitrogens with one attached hydrogen (secondary N) is 1. The Labute approximate surface area is 91.0 Å². The van der Waals surface area contributed by atoms with Crippen LogP contribution in [-0.4, -0.2) is 22.9 Å². The molecule has 0 aromatic carbocycles. The molecule has 0 spiro atoms. The number of aromatic nitrogens is 2. The lowest BCUT2D eigenvalue weighted by Crippen LogP contribution is -2.17. The lowest BCUT2D eigenvalue weighted by molar-refractivity contribution is 0.0959.